The Labute approximate surface area is 82.9 Å². The van der Waals surface area contributed by atoms with E-state index in [1.54, 1.807) is 0 Å². The van der Waals surface area contributed by atoms with Crippen molar-refractivity contribution in [3.63, 3.8) is 0 Å². The molecule has 0 saturated heterocycles. The summed E-state index contributed by atoms with van der Waals surface area (Å²) in [5.41, 5.74) is 1.84. The van der Waals surface area contributed by atoms with Gasteiger partial charge in [0.1, 0.15) is 0 Å². The van der Waals surface area contributed by atoms with E-state index in [2.05, 4.69) is 11.2 Å². The van der Waals surface area contributed by atoms with Crippen LogP contribution in [0.2, 0.25) is 5.02 Å². The van der Waals surface area contributed by atoms with Gasteiger partial charge in [-0.25, -0.2) is 0 Å². The average molecular weight is 198 g/mol. The van der Waals surface area contributed by atoms with Crippen LogP contribution in [0.25, 0.3) is 0 Å². The van der Waals surface area contributed by atoms with E-state index in [4.69, 9.17) is 16.9 Å². The number of aryl methyl sites for hydroxylation is 2. The highest BCUT2D eigenvalue weighted by Gasteiger charge is 2.07. The van der Waals surface area contributed by atoms with Crippen molar-refractivity contribution in [2.75, 3.05) is 0 Å². The normalized spacial score (nSPS) is 10.0. The molecule has 13 heavy (non-hydrogen) atoms. The summed E-state index contributed by atoms with van der Waals surface area (Å²) >= 11 is 5.96. The highest BCUT2D eigenvalue weighted by molar-refractivity contribution is 6.31. The van der Waals surface area contributed by atoms with E-state index < -0.39 is 0 Å². The summed E-state index contributed by atoms with van der Waals surface area (Å²) in [6, 6.07) is 2.10. The van der Waals surface area contributed by atoms with E-state index in [1.165, 1.54) is 0 Å². The molecule has 0 aliphatic rings. The molecule has 70 valence electrons. The van der Waals surface area contributed by atoms with Crippen LogP contribution in [-0.2, 0) is 6.54 Å². The molecule has 0 aliphatic heterocycles. The summed E-state index contributed by atoms with van der Waals surface area (Å²) in [5.74, 6) is 0. The lowest BCUT2D eigenvalue weighted by atomic mass is 10.3. The first-order valence-corrected chi connectivity index (χ1v) is 4.61. The van der Waals surface area contributed by atoms with Gasteiger partial charge in [-0.05, 0) is 20.3 Å². The first kappa shape index (κ1) is 10.1. The van der Waals surface area contributed by atoms with E-state index in [1.807, 2.05) is 18.5 Å². The predicted octanol–water partition coefficient (Wildman–Crippen LogP) is 2.46. The van der Waals surface area contributed by atoms with Crippen molar-refractivity contribution in [2.45, 2.75) is 33.2 Å². The SMILES string of the molecule is Cc1nn(CCCC#N)c(C)c1Cl. The first-order valence-electron chi connectivity index (χ1n) is 4.23. The molecule has 0 unspecified atom stereocenters. The van der Waals surface area contributed by atoms with Crippen molar-refractivity contribution < 1.29 is 0 Å². The minimum atomic E-state index is 0.565. The lowest BCUT2D eigenvalue weighted by Crippen LogP contribution is -2.02. The maximum Gasteiger partial charge on any atom is 0.0844 e. The first-order chi connectivity index (χ1) is 6.16. The number of rotatable bonds is 3. The van der Waals surface area contributed by atoms with Gasteiger partial charge in [0.25, 0.3) is 0 Å². The van der Waals surface area contributed by atoms with Crippen molar-refractivity contribution in [2.24, 2.45) is 0 Å². The number of hydrogen-bond acceptors (Lipinski definition) is 2. The van der Waals surface area contributed by atoms with Gasteiger partial charge in [-0.15, -0.1) is 0 Å². The topological polar surface area (TPSA) is 41.6 Å². The Hall–Kier alpha value is -1.01. The van der Waals surface area contributed by atoms with Crippen molar-refractivity contribution in [1.82, 2.24) is 9.78 Å². The van der Waals surface area contributed by atoms with Crippen LogP contribution in [0.3, 0.4) is 0 Å². The fourth-order valence-corrected chi connectivity index (χ4v) is 1.34. The van der Waals surface area contributed by atoms with Crippen LogP contribution in [-0.4, -0.2) is 9.78 Å². The second kappa shape index (κ2) is 4.29. The minimum absolute atomic E-state index is 0.565. The molecule has 1 aromatic heterocycles. The van der Waals surface area contributed by atoms with E-state index >= 15 is 0 Å². The molecular weight excluding hydrogens is 186 g/mol. The number of nitrogens with zero attached hydrogens (tertiary/aromatic N) is 3. The van der Waals surface area contributed by atoms with E-state index in [0.29, 0.717) is 6.42 Å². The van der Waals surface area contributed by atoms with Crippen LogP contribution in [0.4, 0.5) is 0 Å². The molecule has 0 amide bonds. The molecule has 0 aliphatic carbocycles. The molecule has 3 nitrogen and oxygen atoms in total. The van der Waals surface area contributed by atoms with Crippen LogP contribution in [0.5, 0.6) is 0 Å². The minimum Gasteiger partial charge on any atom is -0.268 e. The molecule has 0 aromatic carbocycles. The van der Waals surface area contributed by atoms with Gasteiger partial charge in [0.05, 0.1) is 22.5 Å². The van der Waals surface area contributed by atoms with Gasteiger partial charge in [-0.1, -0.05) is 11.6 Å². The Bertz CT molecular complexity index is 335. The Kier molecular flexibility index (Phi) is 3.32. The van der Waals surface area contributed by atoms with Gasteiger partial charge in [-0.2, -0.15) is 10.4 Å². The number of unbranched alkanes of at least 4 members (excludes halogenated alkanes) is 1. The molecular formula is C9H12ClN3. The molecule has 0 fully saturated rings. The molecule has 0 saturated carbocycles. The van der Waals surface area contributed by atoms with Crippen molar-refractivity contribution >= 4 is 11.6 Å². The van der Waals surface area contributed by atoms with Crippen molar-refractivity contribution in [3.05, 3.63) is 16.4 Å². The number of halogens is 1. The molecule has 1 heterocycles. The summed E-state index contributed by atoms with van der Waals surface area (Å²) in [6.45, 7) is 4.60. The Morgan fingerprint density at radius 1 is 1.54 bits per heavy atom. The third-order valence-corrected chi connectivity index (χ3v) is 2.50. The Morgan fingerprint density at radius 2 is 2.23 bits per heavy atom. The zero-order valence-electron chi connectivity index (χ0n) is 7.84. The summed E-state index contributed by atoms with van der Waals surface area (Å²) < 4.78 is 1.86. The van der Waals surface area contributed by atoms with E-state index in [0.717, 1.165) is 29.4 Å². The van der Waals surface area contributed by atoms with Crippen LogP contribution in [0, 0.1) is 25.2 Å². The molecule has 0 bridgehead atoms. The average Bonchev–Trinajstić information content (AvgIpc) is 2.34. The van der Waals surface area contributed by atoms with Gasteiger partial charge < -0.3 is 0 Å². The van der Waals surface area contributed by atoms with Gasteiger partial charge in [-0.3, -0.25) is 4.68 Å². The highest BCUT2D eigenvalue weighted by atomic mass is 35.5. The molecule has 1 rings (SSSR count). The number of aromatic nitrogens is 2. The smallest absolute Gasteiger partial charge is 0.0844 e. The van der Waals surface area contributed by atoms with E-state index in [-0.39, 0.29) is 0 Å². The second-order valence-corrected chi connectivity index (χ2v) is 3.35. The zero-order chi connectivity index (χ0) is 9.84. The summed E-state index contributed by atoms with van der Waals surface area (Å²) in [7, 11) is 0. The zero-order valence-corrected chi connectivity index (χ0v) is 8.60. The Balaban J connectivity index is 2.68. The third-order valence-electron chi connectivity index (χ3n) is 1.95. The number of hydrogen-bond donors (Lipinski definition) is 0. The largest absolute Gasteiger partial charge is 0.268 e. The van der Waals surface area contributed by atoms with Crippen LogP contribution in [0.1, 0.15) is 24.2 Å². The van der Waals surface area contributed by atoms with Crippen LogP contribution < -0.4 is 0 Å². The van der Waals surface area contributed by atoms with Gasteiger partial charge >= 0.3 is 0 Å². The molecule has 0 radical (unpaired) electrons. The fraction of sp³-hybridized carbons (Fsp3) is 0.556. The van der Waals surface area contributed by atoms with E-state index in [9.17, 15) is 0 Å². The maximum atomic E-state index is 8.37. The standard InChI is InChI=1S/C9H12ClN3/c1-7-9(10)8(2)13(12-7)6-4-3-5-11/h3-4,6H2,1-2H3. The second-order valence-electron chi connectivity index (χ2n) is 2.97. The van der Waals surface area contributed by atoms with Crippen molar-refractivity contribution in [3.8, 4) is 6.07 Å². The number of nitriles is 1. The van der Waals surface area contributed by atoms with Gasteiger partial charge in [0.15, 0.2) is 0 Å². The van der Waals surface area contributed by atoms with Gasteiger partial charge in [0, 0.05) is 13.0 Å². The molecule has 0 atom stereocenters. The van der Waals surface area contributed by atoms with Crippen LogP contribution in [0.15, 0.2) is 0 Å². The predicted molar refractivity (Wildman–Crippen MR) is 51.6 cm³/mol. The quantitative estimate of drug-likeness (QED) is 0.699. The molecule has 0 N–H and O–H groups in total. The molecule has 0 spiro atoms. The summed E-state index contributed by atoms with van der Waals surface area (Å²) in [6.07, 6.45) is 1.39. The lowest BCUT2D eigenvalue weighted by Gasteiger charge is -2.00. The monoisotopic (exact) mass is 197 g/mol. The Morgan fingerprint density at radius 3 is 2.69 bits per heavy atom. The summed E-state index contributed by atoms with van der Waals surface area (Å²) in [5, 5.41) is 13.4. The summed E-state index contributed by atoms with van der Waals surface area (Å²) in [4.78, 5) is 0. The highest BCUT2D eigenvalue weighted by Crippen LogP contribution is 2.18. The molecule has 1 aromatic rings. The maximum absolute atomic E-state index is 8.37. The van der Waals surface area contributed by atoms with Crippen molar-refractivity contribution in [1.29, 1.82) is 5.26 Å². The van der Waals surface area contributed by atoms with Crippen LogP contribution >= 0.6 is 11.6 Å². The van der Waals surface area contributed by atoms with Gasteiger partial charge in [0.2, 0.25) is 0 Å². The fourth-order valence-electron chi connectivity index (χ4n) is 1.20. The lowest BCUT2D eigenvalue weighted by molar-refractivity contribution is 0.568. The molecule has 4 heteroatoms. The third kappa shape index (κ3) is 2.22.